The van der Waals surface area contributed by atoms with Crippen LogP contribution in [0.3, 0.4) is 0 Å². The second kappa shape index (κ2) is 6.63. The van der Waals surface area contributed by atoms with Gasteiger partial charge in [0, 0.05) is 19.0 Å². The molecule has 112 valence electrons. The second-order valence-corrected chi connectivity index (χ2v) is 6.86. The van der Waals surface area contributed by atoms with Crippen molar-refractivity contribution in [2.24, 2.45) is 0 Å². The molecule has 0 aliphatic carbocycles. The summed E-state index contributed by atoms with van der Waals surface area (Å²) in [7, 11) is -1.15. The van der Waals surface area contributed by atoms with E-state index in [0.29, 0.717) is 17.3 Å². The van der Waals surface area contributed by atoms with Crippen LogP contribution in [-0.4, -0.2) is 34.9 Å². The van der Waals surface area contributed by atoms with Crippen LogP contribution in [0.15, 0.2) is 59.5 Å². The standard InChI is InChI=1S/C16H19NO3S/c1-17(14-6-4-3-5-7-14)12-13-20-15-8-10-16(11-9-15)21(2,18)19/h3-11H,12-13H2,1-2H3. The molecule has 0 atom stereocenters. The quantitative estimate of drug-likeness (QED) is 0.823. The molecule has 2 aromatic carbocycles. The van der Waals surface area contributed by atoms with Gasteiger partial charge >= 0.3 is 0 Å². The van der Waals surface area contributed by atoms with Gasteiger partial charge in [-0.2, -0.15) is 0 Å². The third kappa shape index (κ3) is 4.49. The Morgan fingerprint density at radius 1 is 1.00 bits per heavy atom. The van der Waals surface area contributed by atoms with Crippen molar-refractivity contribution in [3.05, 3.63) is 54.6 Å². The van der Waals surface area contributed by atoms with E-state index < -0.39 is 9.84 Å². The molecule has 21 heavy (non-hydrogen) atoms. The lowest BCUT2D eigenvalue weighted by Crippen LogP contribution is -2.23. The summed E-state index contributed by atoms with van der Waals surface area (Å²) < 4.78 is 28.3. The van der Waals surface area contributed by atoms with Gasteiger partial charge in [0.1, 0.15) is 12.4 Å². The second-order valence-electron chi connectivity index (χ2n) is 4.85. The fourth-order valence-corrected chi connectivity index (χ4v) is 2.53. The fourth-order valence-electron chi connectivity index (χ4n) is 1.90. The van der Waals surface area contributed by atoms with E-state index in [-0.39, 0.29) is 0 Å². The molecular weight excluding hydrogens is 286 g/mol. The average Bonchev–Trinajstić information content (AvgIpc) is 2.47. The van der Waals surface area contributed by atoms with Crippen LogP contribution in [0, 0.1) is 0 Å². The van der Waals surface area contributed by atoms with Gasteiger partial charge in [-0.1, -0.05) is 18.2 Å². The number of para-hydroxylation sites is 1. The maximum Gasteiger partial charge on any atom is 0.175 e. The van der Waals surface area contributed by atoms with Gasteiger partial charge < -0.3 is 9.64 Å². The smallest absolute Gasteiger partial charge is 0.175 e. The van der Waals surface area contributed by atoms with E-state index in [4.69, 9.17) is 4.74 Å². The van der Waals surface area contributed by atoms with Crippen LogP contribution in [0.1, 0.15) is 0 Å². The van der Waals surface area contributed by atoms with Crippen molar-refractivity contribution in [3.8, 4) is 5.75 Å². The highest BCUT2D eigenvalue weighted by Crippen LogP contribution is 2.16. The Bertz CT molecular complexity index is 666. The summed E-state index contributed by atoms with van der Waals surface area (Å²) in [5.74, 6) is 0.670. The van der Waals surface area contributed by atoms with Gasteiger partial charge in [-0.25, -0.2) is 8.42 Å². The molecule has 0 aliphatic heterocycles. The molecule has 2 aromatic rings. The zero-order valence-electron chi connectivity index (χ0n) is 12.2. The van der Waals surface area contributed by atoms with Crippen molar-refractivity contribution in [2.45, 2.75) is 4.90 Å². The highest BCUT2D eigenvalue weighted by atomic mass is 32.2. The molecular formula is C16H19NO3S. The van der Waals surface area contributed by atoms with Crippen LogP contribution in [0.4, 0.5) is 5.69 Å². The van der Waals surface area contributed by atoms with E-state index in [9.17, 15) is 8.42 Å². The molecule has 0 aliphatic rings. The molecule has 2 rings (SSSR count). The fraction of sp³-hybridized carbons (Fsp3) is 0.250. The lowest BCUT2D eigenvalue weighted by Gasteiger charge is -2.19. The Morgan fingerprint density at radius 3 is 2.19 bits per heavy atom. The van der Waals surface area contributed by atoms with Crippen molar-refractivity contribution < 1.29 is 13.2 Å². The number of likely N-dealkylation sites (N-methyl/N-ethyl adjacent to an activating group) is 1. The SMILES string of the molecule is CN(CCOc1ccc(S(C)(=O)=O)cc1)c1ccccc1. The summed E-state index contributed by atoms with van der Waals surface area (Å²) in [6.07, 6.45) is 1.19. The van der Waals surface area contributed by atoms with Gasteiger partial charge in [0.2, 0.25) is 0 Å². The van der Waals surface area contributed by atoms with Gasteiger partial charge in [-0.15, -0.1) is 0 Å². The summed E-state index contributed by atoms with van der Waals surface area (Å²) in [6, 6.07) is 16.5. The Hall–Kier alpha value is -2.01. The average molecular weight is 305 g/mol. The van der Waals surface area contributed by atoms with Crippen LogP contribution >= 0.6 is 0 Å². The number of sulfone groups is 1. The molecule has 0 bridgehead atoms. The van der Waals surface area contributed by atoms with Gasteiger partial charge in [0.25, 0.3) is 0 Å². The Morgan fingerprint density at radius 2 is 1.62 bits per heavy atom. The molecule has 0 radical (unpaired) electrons. The third-order valence-electron chi connectivity index (χ3n) is 3.14. The lowest BCUT2D eigenvalue weighted by atomic mass is 10.3. The molecule has 0 spiro atoms. The summed E-state index contributed by atoms with van der Waals surface area (Å²) in [5, 5.41) is 0. The van der Waals surface area contributed by atoms with Crippen molar-refractivity contribution in [1.82, 2.24) is 0 Å². The van der Waals surface area contributed by atoms with Gasteiger partial charge in [-0.05, 0) is 36.4 Å². The number of ether oxygens (including phenoxy) is 1. The Balaban J connectivity index is 1.86. The number of hydrogen-bond acceptors (Lipinski definition) is 4. The molecule has 0 saturated heterocycles. The summed E-state index contributed by atoms with van der Waals surface area (Å²) in [4.78, 5) is 2.40. The number of rotatable bonds is 6. The lowest BCUT2D eigenvalue weighted by molar-refractivity contribution is 0.325. The maximum atomic E-state index is 11.4. The van der Waals surface area contributed by atoms with E-state index in [1.54, 1.807) is 24.3 Å². The molecule has 4 nitrogen and oxygen atoms in total. The minimum atomic E-state index is -3.15. The van der Waals surface area contributed by atoms with Crippen molar-refractivity contribution >= 4 is 15.5 Å². The van der Waals surface area contributed by atoms with Gasteiger partial charge in [0.05, 0.1) is 11.4 Å². The zero-order valence-corrected chi connectivity index (χ0v) is 13.0. The monoisotopic (exact) mass is 305 g/mol. The number of anilines is 1. The highest BCUT2D eigenvalue weighted by Gasteiger charge is 2.06. The van der Waals surface area contributed by atoms with Crippen molar-refractivity contribution in [1.29, 1.82) is 0 Å². The van der Waals surface area contributed by atoms with E-state index in [0.717, 1.165) is 12.2 Å². The van der Waals surface area contributed by atoms with Crippen LogP contribution < -0.4 is 9.64 Å². The topological polar surface area (TPSA) is 46.6 Å². The minimum absolute atomic E-state index is 0.302. The zero-order chi connectivity index (χ0) is 15.3. The van der Waals surface area contributed by atoms with Crippen LogP contribution in [-0.2, 0) is 9.84 Å². The van der Waals surface area contributed by atoms with Crippen LogP contribution in [0.2, 0.25) is 0 Å². The summed E-state index contributed by atoms with van der Waals surface area (Å²) >= 11 is 0. The first kappa shape index (κ1) is 15.4. The number of hydrogen-bond donors (Lipinski definition) is 0. The van der Waals surface area contributed by atoms with Crippen LogP contribution in [0.25, 0.3) is 0 Å². The summed E-state index contributed by atoms with van der Waals surface area (Å²) in [5.41, 5.74) is 1.13. The van der Waals surface area contributed by atoms with E-state index >= 15 is 0 Å². The first-order chi connectivity index (χ1) is 9.97. The van der Waals surface area contributed by atoms with Crippen molar-refractivity contribution in [2.75, 3.05) is 31.4 Å². The predicted molar refractivity (Wildman–Crippen MR) is 84.8 cm³/mol. The van der Waals surface area contributed by atoms with Gasteiger partial charge in [0.15, 0.2) is 9.84 Å². The largest absolute Gasteiger partial charge is 0.492 e. The first-order valence-electron chi connectivity index (χ1n) is 6.66. The highest BCUT2D eigenvalue weighted by molar-refractivity contribution is 7.90. The summed E-state index contributed by atoms with van der Waals surface area (Å²) in [6.45, 7) is 1.28. The molecule has 5 heteroatoms. The molecule has 0 unspecified atom stereocenters. The number of benzene rings is 2. The molecule has 0 heterocycles. The van der Waals surface area contributed by atoms with Crippen LogP contribution in [0.5, 0.6) is 5.75 Å². The van der Waals surface area contributed by atoms with Gasteiger partial charge in [-0.3, -0.25) is 0 Å². The molecule has 0 amide bonds. The van der Waals surface area contributed by atoms with E-state index in [2.05, 4.69) is 4.90 Å². The van der Waals surface area contributed by atoms with E-state index in [1.807, 2.05) is 37.4 Å². The first-order valence-corrected chi connectivity index (χ1v) is 8.55. The third-order valence-corrected chi connectivity index (χ3v) is 4.27. The molecule has 0 fully saturated rings. The number of nitrogens with zero attached hydrogens (tertiary/aromatic N) is 1. The Labute approximate surface area is 125 Å². The molecule has 0 aromatic heterocycles. The molecule has 0 N–H and O–H groups in total. The maximum absolute atomic E-state index is 11.4. The molecule has 0 saturated carbocycles. The predicted octanol–water partition coefficient (Wildman–Crippen LogP) is 2.61. The normalized spacial score (nSPS) is 11.1. The van der Waals surface area contributed by atoms with Crippen molar-refractivity contribution in [3.63, 3.8) is 0 Å². The Kier molecular flexibility index (Phi) is 4.85. The minimum Gasteiger partial charge on any atom is -0.492 e. The van der Waals surface area contributed by atoms with E-state index in [1.165, 1.54) is 6.26 Å².